The van der Waals surface area contributed by atoms with Crippen LogP contribution in [0.3, 0.4) is 0 Å². The van der Waals surface area contributed by atoms with E-state index in [1.807, 2.05) is 10.8 Å². The van der Waals surface area contributed by atoms with E-state index in [1.54, 1.807) is 13.1 Å². The highest BCUT2D eigenvalue weighted by Gasteiger charge is 1.98. The van der Waals surface area contributed by atoms with Gasteiger partial charge in [-0.3, -0.25) is 4.79 Å². The molecule has 60 valence electrons. The highest BCUT2D eigenvalue weighted by Crippen LogP contribution is 2.06. The number of aryl methyl sites for hydroxylation is 1. The van der Waals surface area contributed by atoms with E-state index in [9.17, 15) is 4.79 Å². The summed E-state index contributed by atoms with van der Waals surface area (Å²) in [6.45, 7) is 2.29. The second kappa shape index (κ2) is 3.67. The van der Waals surface area contributed by atoms with Crippen LogP contribution < -0.4 is 0 Å². The molecular weight excluding hydrogens is 208 g/mol. The van der Waals surface area contributed by atoms with Crippen LogP contribution in [0.5, 0.6) is 0 Å². The van der Waals surface area contributed by atoms with Gasteiger partial charge in [0.15, 0.2) is 4.73 Å². The van der Waals surface area contributed by atoms with Crippen molar-refractivity contribution in [3.05, 3.63) is 17.1 Å². The number of carbonyl (C=O) groups is 1. The summed E-state index contributed by atoms with van der Waals surface area (Å²) in [4.78, 5) is 14.6. The fourth-order valence-corrected chi connectivity index (χ4v) is 1.17. The van der Waals surface area contributed by atoms with Gasteiger partial charge in [0.1, 0.15) is 5.78 Å². The molecule has 0 radical (unpaired) electrons. The predicted molar refractivity (Wildman–Crippen MR) is 45.2 cm³/mol. The molecule has 0 spiro atoms. The van der Waals surface area contributed by atoms with Gasteiger partial charge in [-0.1, -0.05) is 0 Å². The van der Waals surface area contributed by atoms with Crippen LogP contribution in [0.4, 0.5) is 0 Å². The molecule has 1 rings (SSSR count). The summed E-state index contributed by atoms with van der Waals surface area (Å²) in [5.41, 5.74) is 0. The first-order chi connectivity index (χ1) is 5.20. The van der Waals surface area contributed by atoms with Crippen LogP contribution in [0.15, 0.2) is 17.1 Å². The summed E-state index contributed by atoms with van der Waals surface area (Å²) in [5, 5.41) is 0. The Kier molecular flexibility index (Phi) is 2.82. The minimum Gasteiger partial charge on any atom is -0.325 e. The molecule has 0 amide bonds. The average molecular weight is 217 g/mol. The molecule has 4 heteroatoms. The van der Waals surface area contributed by atoms with Crippen molar-refractivity contribution in [3.63, 3.8) is 0 Å². The van der Waals surface area contributed by atoms with E-state index in [-0.39, 0.29) is 5.78 Å². The van der Waals surface area contributed by atoms with Gasteiger partial charge in [0, 0.05) is 25.4 Å². The molecule has 0 aliphatic heterocycles. The lowest BCUT2D eigenvalue weighted by atomic mass is 10.3. The van der Waals surface area contributed by atoms with Crippen LogP contribution in [0.25, 0.3) is 0 Å². The van der Waals surface area contributed by atoms with Gasteiger partial charge < -0.3 is 4.57 Å². The second-order valence-corrected chi connectivity index (χ2v) is 3.05. The van der Waals surface area contributed by atoms with Crippen LogP contribution in [0.1, 0.15) is 13.3 Å². The number of aromatic nitrogens is 2. The maximum atomic E-state index is 10.6. The zero-order valence-electron chi connectivity index (χ0n) is 6.25. The largest absolute Gasteiger partial charge is 0.325 e. The Morgan fingerprint density at radius 3 is 3.00 bits per heavy atom. The summed E-state index contributed by atoms with van der Waals surface area (Å²) < 4.78 is 2.67. The van der Waals surface area contributed by atoms with Crippen LogP contribution in [0, 0.1) is 0 Å². The van der Waals surface area contributed by atoms with E-state index in [1.165, 1.54) is 0 Å². The van der Waals surface area contributed by atoms with Gasteiger partial charge in [0.05, 0.1) is 0 Å². The molecule has 1 aromatic rings. The Labute approximate surface area is 73.6 Å². The molecule has 0 unspecified atom stereocenters. The highest BCUT2D eigenvalue weighted by atomic mass is 79.9. The van der Waals surface area contributed by atoms with E-state index in [0.29, 0.717) is 13.0 Å². The van der Waals surface area contributed by atoms with Crippen LogP contribution in [-0.4, -0.2) is 15.3 Å². The third-order valence-corrected chi connectivity index (χ3v) is 2.03. The molecule has 3 nitrogen and oxygen atoms in total. The zero-order valence-corrected chi connectivity index (χ0v) is 7.84. The summed E-state index contributed by atoms with van der Waals surface area (Å²) >= 11 is 3.26. The Balaban J connectivity index is 2.51. The summed E-state index contributed by atoms with van der Waals surface area (Å²) in [5.74, 6) is 0.200. The molecule has 0 bridgehead atoms. The standard InChI is InChI=1S/C7H9BrN2O/c1-6(11)2-4-10-5-3-9-7(10)8/h3,5H,2,4H2,1H3. The van der Waals surface area contributed by atoms with Crippen molar-refractivity contribution < 1.29 is 4.79 Å². The van der Waals surface area contributed by atoms with Gasteiger partial charge >= 0.3 is 0 Å². The first-order valence-corrected chi connectivity index (χ1v) is 4.15. The first-order valence-electron chi connectivity index (χ1n) is 3.36. The number of rotatable bonds is 3. The number of carbonyl (C=O) groups excluding carboxylic acids is 1. The molecule has 0 saturated carbocycles. The van der Waals surface area contributed by atoms with Crippen molar-refractivity contribution in [2.75, 3.05) is 0 Å². The molecule has 1 aromatic heterocycles. The number of hydrogen-bond donors (Lipinski definition) is 0. The molecule has 0 aliphatic carbocycles. The van der Waals surface area contributed by atoms with E-state index in [0.717, 1.165) is 4.73 Å². The molecule has 0 aliphatic rings. The Morgan fingerprint density at radius 1 is 1.82 bits per heavy atom. The van der Waals surface area contributed by atoms with Crippen molar-refractivity contribution in [2.45, 2.75) is 19.9 Å². The van der Waals surface area contributed by atoms with Crippen molar-refractivity contribution in [3.8, 4) is 0 Å². The summed E-state index contributed by atoms with van der Waals surface area (Å²) in [7, 11) is 0. The smallest absolute Gasteiger partial charge is 0.177 e. The van der Waals surface area contributed by atoms with Crippen LogP contribution in [-0.2, 0) is 11.3 Å². The van der Waals surface area contributed by atoms with E-state index < -0.39 is 0 Å². The molecular formula is C7H9BrN2O. The molecule has 0 aromatic carbocycles. The Bertz CT molecular complexity index is 257. The lowest BCUT2D eigenvalue weighted by molar-refractivity contribution is -0.117. The van der Waals surface area contributed by atoms with Crippen LogP contribution >= 0.6 is 15.9 Å². The SMILES string of the molecule is CC(=O)CCn1ccnc1Br. The lowest BCUT2D eigenvalue weighted by Crippen LogP contribution is -2.01. The predicted octanol–water partition coefficient (Wildman–Crippen LogP) is 1.62. The minimum atomic E-state index is 0.200. The lowest BCUT2D eigenvalue weighted by Gasteiger charge is -1.99. The van der Waals surface area contributed by atoms with Gasteiger partial charge in [0.2, 0.25) is 0 Å². The quantitative estimate of drug-likeness (QED) is 0.771. The molecule has 0 N–H and O–H groups in total. The normalized spacial score (nSPS) is 10.0. The third-order valence-electron chi connectivity index (χ3n) is 1.37. The maximum Gasteiger partial charge on any atom is 0.177 e. The van der Waals surface area contributed by atoms with Crippen molar-refractivity contribution >= 4 is 21.7 Å². The topological polar surface area (TPSA) is 34.9 Å². The molecule has 0 atom stereocenters. The van der Waals surface area contributed by atoms with Gasteiger partial charge in [0.25, 0.3) is 0 Å². The van der Waals surface area contributed by atoms with E-state index in [2.05, 4.69) is 20.9 Å². The maximum absolute atomic E-state index is 10.6. The minimum absolute atomic E-state index is 0.200. The number of hydrogen-bond acceptors (Lipinski definition) is 2. The molecule has 0 saturated heterocycles. The van der Waals surface area contributed by atoms with Crippen molar-refractivity contribution in [1.82, 2.24) is 9.55 Å². The summed E-state index contributed by atoms with van der Waals surface area (Å²) in [6.07, 6.45) is 4.10. The van der Waals surface area contributed by atoms with Gasteiger partial charge in [-0.25, -0.2) is 4.98 Å². The molecule has 0 fully saturated rings. The van der Waals surface area contributed by atoms with Crippen molar-refractivity contribution in [1.29, 1.82) is 0 Å². The average Bonchev–Trinajstić information content (AvgIpc) is 2.31. The Hall–Kier alpha value is -0.640. The Morgan fingerprint density at radius 2 is 2.55 bits per heavy atom. The fourth-order valence-electron chi connectivity index (χ4n) is 0.756. The molecule has 1 heterocycles. The van der Waals surface area contributed by atoms with E-state index in [4.69, 9.17) is 0 Å². The van der Waals surface area contributed by atoms with Crippen LogP contribution in [0.2, 0.25) is 0 Å². The summed E-state index contributed by atoms with van der Waals surface area (Å²) in [6, 6.07) is 0. The zero-order chi connectivity index (χ0) is 8.27. The monoisotopic (exact) mass is 216 g/mol. The van der Waals surface area contributed by atoms with E-state index >= 15 is 0 Å². The number of imidazole rings is 1. The van der Waals surface area contributed by atoms with Gasteiger partial charge in [-0.05, 0) is 22.9 Å². The number of halogens is 1. The fraction of sp³-hybridized carbons (Fsp3) is 0.429. The highest BCUT2D eigenvalue weighted by molar-refractivity contribution is 9.10. The number of ketones is 1. The first kappa shape index (κ1) is 8.46. The second-order valence-electron chi connectivity index (χ2n) is 2.34. The number of Topliss-reactive ketones (excluding diaryl/α,β-unsaturated/α-hetero) is 1. The van der Waals surface area contributed by atoms with Gasteiger partial charge in [-0.15, -0.1) is 0 Å². The third kappa shape index (κ3) is 2.46. The number of nitrogens with zero attached hydrogens (tertiary/aromatic N) is 2. The van der Waals surface area contributed by atoms with Crippen molar-refractivity contribution in [2.24, 2.45) is 0 Å². The molecule has 11 heavy (non-hydrogen) atoms. The van der Waals surface area contributed by atoms with Gasteiger partial charge in [-0.2, -0.15) is 0 Å².